The fourth-order valence-electron chi connectivity index (χ4n) is 2.70. The second-order valence-corrected chi connectivity index (χ2v) is 6.87. The molecule has 0 aliphatic rings. The summed E-state index contributed by atoms with van der Waals surface area (Å²) in [5.41, 5.74) is 1.58. The van der Waals surface area contributed by atoms with E-state index in [2.05, 4.69) is 10.3 Å². The van der Waals surface area contributed by atoms with E-state index in [0.717, 1.165) is 0 Å². The minimum Gasteiger partial charge on any atom is -0.320 e. The molecule has 2 aromatic heterocycles. The Balaban J connectivity index is 2.39. The largest absolute Gasteiger partial charge is 0.320 e. The van der Waals surface area contributed by atoms with Crippen molar-refractivity contribution in [3.05, 3.63) is 56.7 Å². The van der Waals surface area contributed by atoms with E-state index in [-0.39, 0.29) is 17.2 Å². The Labute approximate surface area is 152 Å². The van der Waals surface area contributed by atoms with Gasteiger partial charge in [0.1, 0.15) is 5.56 Å². The fraction of sp³-hybridized carbons (Fsp3) is 0.389. The first kappa shape index (κ1) is 19.1. The van der Waals surface area contributed by atoms with E-state index in [1.807, 2.05) is 25.9 Å². The number of carbonyl (C=O) groups is 1. The van der Waals surface area contributed by atoms with Crippen molar-refractivity contribution in [2.24, 2.45) is 0 Å². The highest BCUT2D eigenvalue weighted by molar-refractivity contribution is 6.30. The Bertz CT molecular complexity index is 845. The summed E-state index contributed by atoms with van der Waals surface area (Å²) < 4.78 is 1.59. The molecular weight excluding hydrogens is 340 g/mol. The number of aryl methyl sites for hydroxylation is 2. The Morgan fingerprint density at radius 3 is 2.72 bits per heavy atom. The number of carbonyl (C=O) groups excluding carboxylic acids is 1. The third-order valence-corrected chi connectivity index (χ3v) is 4.17. The molecule has 2 aromatic rings. The molecule has 0 aromatic carbocycles. The van der Waals surface area contributed by atoms with Gasteiger partial charge in [-0.25, -0.2) is 0 Å². The maximum absolute atomic E-state index is 12.8. The van der Waals surface area contributed by atoms with Crippen LogP contribution in [0, 0.1) is 13.8 Å². The summed E-state index contributed by atoms with van der Waals surface area (Å²) in [6.45, 7) is 6.16. The van der Waals surface area contributed by atoms with Gasteiger partial charge in [-0.3, -0.25) is 14.6 Å². The van der Waals surface area contributed by atoms with Gasteiger partial charge in [0.2, 0.25) is 0 Å². The summed E-state index contributed by atoms with van der Waals surface area (Å²) in [6.07, 6.45) is 3.24. The fourth-order valence-corrected chi connectivity index (χ4v) is 2.86. The minimum absolute atomic E-state index is 0.0516. The van der Waals surface area contributed by atoms with E-state index < -0.39 is 5.91 Å². The Kier molecular flexibility index (Phi) is 5.98. The normalized spacial score (nSPS) is 12.3. The summed E-state index contributed by atoms with van der Waals surface area (Å²) in [5, 5.41) is 3.17. The molecule has 2 rings (SSSR count). The molecule has 25 heavy (non-hydrogen) atoms. The van der Waals surface area contributed by atoms with E-state index in [9.17, 15) is 9.59 Å². The standard InChI is InChI=1S/C18H23ClN4O2/c1-11-6-7-23(12(2)10-22(4)5)18(25)16(11)17(24)21-15-8-14(19)9-20-13(15)3/h6-9,12H,10H2,1-5H3,(H,21,24). The lowest BCUT2D eigenvalue weighted by atomic mass is 10.1. The zero-order valence-corrected chi connectivity index (χ0v) is 15.9. The SMILES string of the molecule is Cc1ccn(C(C)CN(C)C)c(=O)c1C(=O)Nc1cc(Cl)cnc1C. The quantitative estimate of drug-likeness (QED) is 0.888. The van der Waals surface area contributed by atoms with Crippen molar-refractivity contribution in [3.8, 4) is 0 Å². The molecule has 0 bridgehead atoms. The monoisotopic (exact) mass is 362 g/mol. The molecule has 0 saturated carbocycles. The molecule has 7 heteroatoms. The van der Waals surface area contributed by atoms with Crippen LogP contribution in [-0.4, -0.2) is 41.0 Å². The van der Waals surface area contributed by atoms with Crippen LogP contribution in [0.4, 0.5) is 5.69 Å². The van der Waals surface area contributed by atoms with Gasteiger partial charge < -0.3 is 14.8 Å². The van der Waals surface area contributed by atoms with Gasteiger partial charge in [-0.2, -0.15) is 0 Å². The van der Waals surface area contributed by atoms with Crippen LogP contribution in [0.1, 0.15) is 34.6 Å². The first-order chi connectivity index (χ1) is 11.7. The first-order valence-electron chi connectivity index (χ1n) is 8.00. The number of pyridine rings is 2. The number of hydrogen-bond acceptors (Lipinski definition) is 4. The average molecular weight is 363 g/mol. The average Bonchev–Trinajstić information content (AvgIpc) is 2.50. The van der Waals surface area contributed by atoms with Gasteiger partial charge in [-0.1, -0.05) is 11.6 Å². The molecule has 0 radical (unpaired) electrons. The van der Waals surface area contributed by atoms with Crippen molar-refractivity contribution in [3.63, 3.8) is 0 Å². The van der Waals surface area contributed by atoms with Crippen molar-refractivity contribution < 1.29 is 4.79 Å². The number of rotatable bonds is 5. The lowest BCUT2D eigenvalue weighted by Gasteiger charge is -2.20. The van der Waals surface area contributed by atoms with Crippen molar-refractivity contribution >= 4 is 23.2 Å². The molecule has 0 spiro atoms. The maximum Gasteiger partial charge on any atom is 0.263 e. The van der Waals surface area contributed by atoms with Crippen molar-refractivity contribution in [1.29, 1.82) is 0 Å². The van der Waals surface area contributed by atoms with Gasteiger partial charge in [-0.15, -0.1) is 0 Å². The summed E-state index contributed by atoms with van der Waals surface area (Å²) >= 11 is 5.94. The summed E-state index contributed by atoms with van der Waals surface area (Å²) in [5.74, 6) is -0.457. The summed E-state index contributed by atoms with van der Waals surface area (Å²) in [6, 6.07) is 3.35. The van der Waals surface area contributed by atoms with Gasteiger partial charge in [-0.05, 0) is 52.6 Å². The van der Waals surface area contributed by atoms with Gasteiger partial charge >= 0.3 is 0 Å². The highest BCUT2D eigenvalue weighted by Crippen LogP contribution is 2.19. The third kappa shape index (κ3) is 4.46. The lowest BCUT2D eigenvalue weighted by Crippen LogP contribution is -2.34. The van der Waals surface area contributed by atoms with Crippen LogP contribution < -0.4 is 10.9 Å². The van der Waals surface area contributed by atoms with E-state index in [4.69, 9.17) is 11.6 Å². The van der Waals surface area contributed by atoms with Crippen LogP contribution >= 0.6 is 11.6 Å². The molecule has 1 atom stereocenters. The van der Waals surface area contributed by atoms with Crippen LogP contribution in [0.3, 0.4) is 0 Å². The second kappa shape index (κ2) is 7.80. The highest BCUT2D eigenvalue weighted by Gasteiger charge is 2.19. The Morgan fingerprint density at radius 2 is 2.08 bits per heavy atom. The number of nitrogens with one attached hydrogen (secondary N) is 1. The molecule has 0 saturated heterocycles. The molecule has 0 fully saturated rings. The van der Waals surface area contributed by atoms with E-state index in [1.165, 1.54) is 6.20 Å². The Morgan fingerprint density at radius 1 is 1.40 bits per heavy atom. The van der Waals surface area contributed by atoms with Gasteiger partial charge in [0.25, 0.3) is 11.5 Å². The molecule has 1 N–H and O–H groups in total. The highest BCUT2D eigenvalue weighted by atomic mass is 35.5. The molecule has 0 aliphatic carbocycles. The number of hydrogen-bond donors (Lipinski definition) is 1. The molecular formula is C18H23ClN4O2. The number of aromatic nitrogens is 2. The minimum atomic E-state index is -0.457. The Hall–Kier alpha value is -2.18. The maximum atomic E-state index is 12.8. The smallest absolute Gasteiger partial charge is 0.263 e. The number of nitrogens with zero attached hydrogens (tertiary/aromatic N) is 3. The second-order valence-electron chi connectivity index (χ2n) is 6.44. The molecule has 6 nitrogen and oxygen atoms in total. The zero-order valence-electron chi connectivity index (χ0n) is 15.1. The van der Waals surface area contributed by atoms with Gasteiger partial charge in [0.15, 0.2) is 0 Å². The molecule has 1 unspecified atom stereocenters. The summed E-state index contributed by atoms with van der Waals surface area (Å²) in [4.78, 5) is 31.7. The van der Waals surface area contributed by atoms with Crippen molar-refractivity contribution in [2.45, 2.75) is 26.8 Å². The third-order valence-electron chi connectivity index (χ3n) is 3.96. The van der Waals surface area contributed by atoms with Gasteiger partial charge in [0.05, 0.1) is 16.4 Å². The van der Waals surface area contributed by atoms with Crippen LogP contribution in [0.25, 0.3) is 0 Å². The van der Waals surface area contributed by atoms with E-state index in [0.29, 0.717) is 28.5 Å². The van der Waals surface area contributed by atoms with Crippen LogP contribution in [0.15, 0.2) is 29.3 Å². The molecule has 0 aliphatic heterocycles. The summed E-state index contributed by atoms with van der Waals surface area (Å²) in [7, 11) is 3.89. The van der Waals surface area contributed by atoms with E-state index >= 15 is 0 Å². The van der Waals surface area contributed by atoms with Crippen LogP contribution in [0.2, 0.25) is 5.02 Å². The molecule has 1 amide bonds. The van der Waals surface area contributed by atoms with Crippen molar-refractivity contribution in [2.75, 3.05) is 26.0 Å². The topological polar surface area (TPSA) is 67.2 Å². The number of halogens is 1. The predicted octanol–water partition coefficient (Wildman–Crippen LogP) is 2.89. The van der Waals surface area contributed by atoms with E-state index in [1.54, 1.807) is 36.7 Å². The van der Waals surface area contributed by atoms with Crippen molar-refractivity contribution in [1.82, 2.24) is 14.5 Å². The first-order valence-corrected chi connectivity index (χ1v) is 8.38. The number of likely N-dealkylation sites (N-methyl/N-ethyl adjacent to an activating group) is 1. The molecule has 134 valence electrons. The molecule has 2 heterocycles. The number of anilines is 1. The number of amides is 1. The van der Waals surface area contributed by atoms with Gasteiger partial charge in [0, 0.05) is 25.0 Å². The van der Waals surface area contributed by atoms with Crippen LogP contribution in [-0.2, 0) is 0 Å². The zero-order chi connectivity index (χ0) is 18.7. The lowest BCUT2D eigenvalue weighted by molar-refractivity contribution is 0.102. The van der Waals surface area contributed by atoms with Crippen LogP contribution in [0.5, 0.6) is 0 Å². The predicted molar refractivity (Wildman–Crippen MR) is 101 cm³/mol.